The van der Waals surface area contributed by atoms with Gasteiger partial charge in [-0.1, -0.05) is 0 Å². The number of nitrogens with one attached hydrogen (secondary N) is 1. The van der Waals surface area contributed by atoms with Crippen molar-refractivity contribution in [1.29, 1.82) is 5.26 Å². The maximum absolute atomic E-state index is 15.3. The molecule has 0 saturated carbocycles. The zero-order valence-electron chi connectivity index (χ0n) is 26.1. The molecule has 250 valence electrons. The van der Waals surface area contributed by atoms with Crippen LogP contribution in [0.25, 0.3) is 11.4 Å². The number of hydrogen-bond donors (Lipinski definition) is 1. The Kier molecular flexibility index (Phi) is 9.52. The number of piperazine rings is 1. The number of aromatic nitrogens is 3. The fourth-order valence-corrected chi connectivity index (χ4v) is 8.39. The molecule has 2 aromatic carbocycles. The SMILES string of the molecule is N#Cc1cc(-c2ncnc([AsH]c3ccc(N4CCN(C5COC5)CC4)c(F)c3)n2)ccc1O[C@H]1CCN(C(=O)C2CCC(=O)N2)C[C@H]1F. The summed E-state index contributed by atoms with van der Waals surface area (Å²) in [5.74, 6) is -0.112. The van der Waals surface area contributed by atoms with Gasteiger partial charge in [0.2, 0.25) is 11.8 Å². The first kappa shape index (κ1) is 32.4. The van der Waals surface area contributed by atoms with Crippen LogP contribution in [0.5, 0.6) is 5.75 Å². The number of nitriles is 1. The third-order valence-electron chi connectivity index (χ3n) is 9.29. The number of piperidine rings is 1. The summed E-state index contributed by atoms with van der Waals surface area (Å²) in [5.41, 5.74) is 1.37. The molecule has 0 aliphatic carbocycles. The number of likely N-dealkylation sites (tertiary alicyclic amines) is 1. The third-order valence-corrected chi connectivity index (χ3v) is 11.5. The molecule has 2 unspecified atom stereocenters. The van der Waals surface area contributed by atoms with E-state index in [-0.39, 0.29) is 48.5 Å². The van der Waals surface area contributed by atoms with Crippen LogP contribution in [-0.2, 0) is 14.3 Å². The molecule has 15 heteroatoms. The molecule has 4 saturated heterocycles. The Morgan fingerprint density at radius 2 is 1.92 bits per heavy atom. The molecule has 5 heterocycles. The number of anilines is 1. The van der Waals surface area contributed by atoms with Gasteiger partial charge in [-0.15, -0.1) is 0 Å². The van der Waals surface area contributed by atoms with Crippen molar-refractivity contribution in [3.05, 3.63) is 54.1 Å². The second-order valence-electron chi connectivity index (χ2n) is 12.4. The van der Waals surface area contributed by atoms with Gasteiger partial charge in [-0.05, 0) is 6.42 Å². The van der Waals surface area contributed by atoms with Gasteiger partial charge in [0.05, 0.1) is 0 Å². The standard InChI is InChI=1S/C33H35AsF2N8O4/c35-24-14-22(2-4-27(24)43-11-9-42(10-12-43)23-17-47-18-23)34-33-39-19-38-31(41-33)20-1-5-28(21(13-20)15-37)48-29-7-8-44(16-25(29)36)32(46)26-3-6-30(45)40-26/h1-2,4-5,13-14,19,23,25-26,29,34H,3,6-12,16-18H2,(H,40,45)/t25-,26?,29+/m1/s1. The van der Waals surface area contributed by atoms with Gasteiger partial charge in [0.15, 0.2) is 0 Å². The van der Waals surface area contributed by atoms with Gasteiger partial charge in [-0.25, -0.2) is 0 Å². The van der Waals surface area contributed by atoms with E-state index >= 15 is 8.78 Å². The maximum atomic E-state index is 15.3. The molecule has 12 nitrogen and oxygen atoms in total. The van der Waals surface area contributed by atoms with Crippen LogP contribution in [0, 0.1) is 17.1 Å². The van der Waals surface area contributed by atoms with Crippen molar-refractivity contribution in [3.8, 4) is 23.2 Å². The van der Waals surface area contributed by atoms with Gasteiger partial charge < -0.3 is 5.32 Å². The average molecular weight is 721 g/mol. The molecule has 0 spiro atoms. The van der Waals surface area contributed by atoms with Crippen molar-refractivity contribution in [2.24, 2.45) is 0 Å². The zero-order valence-corrected chi connectivity index (χ0v) is 28.2. The van der Waals surface area contributed by atoms with Crippen molar-refractivity contribution >= 4 is 42.2 Å². The first-order chi connectivity index (χ1) is 23.3. The van der Waals surface area contributed by atoms with Crippen LogP contribution in [0.3, 0.4) is 0 Å². The van der Waals surface area contributed by atoms with Crippen LogP contribution < -0.4 is 23.9 Å². The third kappa shape index (κ3) is 6.99. The first-order valence-corrected chi connectivity index (χ1v) is 18.2. The van der Waals surface area contributed by atoms with E-state index in [0.717, 1.165) is 43.7 Å². The molecule has 4 aliphatic heterocycles. The molecule has 4 aliphatic rings. The molecule has 4 atom stereocenters. The van der Waals surface area contributed by atoms with Gasteiger partial charge in [0, 0.05) is 6.42 Å². The number of carbonyl (C=O) groups is 2. The molecule has 1 aromatic heterocycles. The Morgan fingerprint density at radius 1 is 1.08 bits per heavy atom. The topological polar surface area (TPSA) is 137 Å². The second-order valence-corrected chi connectivity index (χ2v) is 15.0. The van der Waals surface area contributed by atoms with E-state index in [2.05, 4.69) is 36.1 Å². The number of benzene rings is 2. The van der Waals surface area contributed by atoms with E-state index in [4.69, 9.17) is 9.47 Å². The number of amides is 2. The minimum absolute atomic E-state index is 0.146. The predicted octanol–water partition coefficient (Wildman–Crippen LogP) is 0.0539. The molecule has 0 radical (unpaired) electrons. The van der Waals surface area contributed by atoms with Gasteiger partial charge in [-0.2, -0.15) is 0 Å². The van der Waals surface area contributed by atoms with Crippen LogP contribution in [0.1, 0.15) is 24.8 Å². The van der Waals surface area contributed by atoms with Gasteiger partial charge in [0.1, 0.15) is 6.04 Å². The number of carbonyl (C=O) groups excluding carboxylic acids is 2. The van der Waals surface area contributed by atoms with Crippen LogP contribution in [-0.4, -0.2) is 129 Å². The van der Waals surface area contributed by atoms with Gasteiger partial charge >= 0.3 is 238 Å². The summed E-state index contributed by atoms with van der Waals surface area (Å²) >= 11 is -1.08. The van der Waals surface area contributed by atoms with Crippen molar-refractivity contribution in [2.45, 2.75) is 43.6 Å². The molecule has 3 aromatic rings. The number of halogens is 2. The van der Waals surface area contributed by atoms with Crippen molar-refractivity contribution < 1.29 is 27.8 Å². The zero-order chi connectivity index (χ0) is 33.2. The molecule has 1 N–H and O–H groups in total. The fraction of sp³-hybridized carbons (Fsp3) is 0.455. The van der Waals surface area contributed by atoms with Crippen LogP contribution in [0.4, 0.5) is 14.5 Å². The first-order valence-electron chi connectivity index (χ1n) is 16.1. The summed E-state index contributed by atoms with van der Waals surface area (Å²) in [7, 11) is 0. The van der Waals surface area contributed by atoms with Crippen molar-refractivity contribution in [2.75, 3.05) is 57.4 Å². The minimum atomic E-state index is -1.46. The summed E-state index contributed by atoms with van der Waals surface area (Å²) < 4.78 is 43.1. The number of ether oxygens (including phenoxy) is 2. The molecule has 48 heavy (non-hydrogen) atoms. The van der Waals surface area contributed by atoms with Gasteiger partial charge in [-0.3, -0.25) is 9.59 Å². The number of hydrogen-bond acceptors (Lipinski definition) is 10. The summed E-state index contributed by atoms with van der Waals surface area (Å²) in [6.07, 6.45) is 0.0644. The van der Waals surface area contributed by atoms with Crippen molar-refractivity contribution in [3.63, 3.8) is 0 Å². The summed E-state index contributed by atoms with van der Waals surface area (Å²) in [6, 6.07) is 12.3. The van der Waals surface area contributed by atoms with E-state index in [1.54, 1.807) is 24.3 Å². The number of alkyl halides is 1. The summed E-state index contributed by atoms with van der Waals surface area (Å²) in [5, 5.41) is 12.5. The number of nitrogens with zero attached hydrogens (tertiary/aromatic N) is 7. The Hall–Kier alpha value is -4.18. The Labute approximate surface area is 283 Å². The fourth-order valence-electron chi connectivity index (χ4n) is 6.49. The summed E-state index contributed by atoms with van der Waals surface area (Å²) in [4.78, 5) is 43.4. The molecular weight excluding hydrogens is 685 g/mol. The Morgan fingerprint density at radius 3 is 2.60 bits per heavy atom. The monoisotopic (exact) mass is 720 g/mol. The summed E-state index contributed by atoms with van der Waals surface area (Å²) in [6.45, 7) is 5.01. The normalized spacial score (nSPS) is 23.6. The van der Waals surface area contributed by atoms with Crippen LogP contribution in [0.15, 0.2) is 42.7 Å². The quantitative estimate of drug-likeness (QED) is 0.318. The van der Waals surface area contributed by atoms with Crippen LogP contribution in [0.2, 0.25) is 0 Å². The van der Waals surface area contributed by atoms with E-state index in [1.165, 1.54) is 11.2 Å². The Bertz CT molecular complexity index is 1730. The van der Waals surface area contributed by atoms with E-state index in [9.17, 15) is 14.9 Å². The van der Waals surface area contributed by atoms with E-state index in [0.29, 0.717) is 40.6 Å². The molecular formula is C33H35AsF2N8O4. The molecule has 2 amide bonds. The second kappa shape index (κ2) is 14.1. The molecule has 7 rings (SSSR count). The van der Waals surface area contributed by atoms with Crippen LogP contribution >= 0.6 is 0 Å². The Balaban J connectivity index is 0.972. The van der Waals surface area contributed by atoms with E-state index in [1.807, 2.05) is 12.1 Å². The molecule has 4 fully saturated rings. The van der Waals surface area contributed by atoms with Crippen molar-refractivity contribution in [1.82, 2.24) is 30.1 Å². The molecule has 0 bridgehead atoms. The van der Waals surface area contributed by atoms with Gasteiger partial charge in [0.25, 0.3) is 0 Å². The average Bonchev–Trinajstić information content (AvgIpc) is 3.51. The predicted molar refractivity (Wildman–Crippen MR) is 173 cm³/mol. The number of rotatable bonds is 8. The van der Waals surface area contributed by atoms with E-state index < -0.39 is 34.1 Å².